The van der Waals surface area contributed by atoms with Crippen molar-refractivity contribution < 1.29 is 14.3 Å². The third-order valence-electron chi connectivity index (χ3n) is 3.80. The zero-order chi connectivity index (χ0) is 14.3. The van der Waals surface area contributed by atoms with Gasteiger partial charge >= 0.3 is 5.97 Å². The van der Waals surface area contributed by atoms with Crippen LogP contribution in [0, 0.1) is 5.92 Å². The molecule has 1 aliphatic carbocycles. The van der Waals surface area contributed by atoms with E-state index in [9.17, 15) is 9.59 Å². The van der Waals surface area contributed by atoms with Crippen LogP contribution in [-0.2, 0) is 14.3 Å². The van der Waals surface area contributed by atoms with Gasteiger partial charge in [0.15, 0.2) is 6.04 Å². The van der Waals surface area contributed by atoms with Gasteiger partial charge < -0.3 is 15.8 Å². The molecule has 1 fully saturated rings. The summed E-state index contributed by atoms with van der Waals surface area (Å²) in [7, 11) is 0. The average molecular weight is 270 g/mol. The Morgan fingerprint density at radius 3 is 2.37 bits per heavy atom. The second-order valence-electron chi connectivity index (χ2n) is 5.28. The van der Waals surface area contributed by atoms with Crippen LogP contribution < -0.4 is 11.1 Å². The van der Waals surface area contributed by atoms with E-state index >= 15 is 0 Å². The monoisotopic (exact) mass is 270 g/mol. The van der Waals surface area contributed by atoms with Crippen LogP contribution in [0.2, 0.25) is 0 Å². The first-order valence-electron chi connectivity index (χ1n) is 7.28. The van der Waals surface area contributed by atoms with Gasteiger partial charge in [-0.05, 0) is 32.6 Å². The lowest BCUT2D eigenvalue weighted by molar-refractivity contribution is -0.148. The quantitative estimate of drug-likeness (QED) is 0.449. The van der Waals surface area contributed by atoms with E-state index in [4.69, 9.17) is 10.5 Å². The topological polar surface area (TPSA) is 81.4 Å². The molecule has 1 aliphatic rings. The largest absolute Gasteiger partial charge is 0.464 e. The fourth-order valence-electron chi connectivity index (χ4n) is 2.58. The Hall–Kier alpha value is -1.10. The zero-order valence-electron chi connectivity index (χ0n) is 12.0. The molecular weight excluding hydrogens is 244 g/mol. The normalized spacial score (nSPS) is 20.2. The fraction of sp³-hybridized carbons (Fsp3) is 0.857. The maximum Gasteiger partial charge on any atom is 0.332 e. The number of esters is 1. The summed E-state index contributed by atoms with van der Waals surface area (Å²) in [6, 6.07) is -1.15. The van der Waals surface area contributed by atoms with Crippen molar-refractivity contribution in [1.82, 2.24) is 5.32 Å². The van der Waals surface area contributed by atoms with Crippen LogP contribution in [0.1, 0.15) is 52.4 Å². The first-order chi connectivity index (χ1) is 9.06. The molecule has 1 rings (SSSR count). The Morgan fingerprint density at radius 2 is 1.84 bits per heavy atom. The molecule has 0 aliphatic heterocycles. The molecule has 0 spiro atoms. The van der Waals surface area contributed by atoms with Gasteiger partial charge in [-0.15, -0.1) is 0 Å². The Kier molecular flexibility index (Phi) is 6.84. The summed E-state index contributed by atoms with van der Waals surface area (Å²) in [4.78, 5) is 23.3. The van der Waals surface area contributed by atoms with Crippen LogP contribution in [0.15, 0.2) is 0 Å². The molecule has 0 aromatic carbocycles. The van der Waals surface area contributed by atoms with Crippen LogP contribution in [0.3, 0.4) is 0 Å². The molecule has 0 heterocycles. The molecule has 1 amide bonds. The van der Waals surface area contributed by atoms with Gasteiger partial charge in [-0.2, -0.15) is 0 Å². The molecule has 3 N–H and O–H groups in total. The highest BCUT2D eigenvalue weighted by molar-refractivity contribution is 6.01. The molecule has 2 atom stereocenters. The maximum absolute atomic E-state index is 11.9. The number of nitrogens with two attached hydrogens (primary N) is 1. The summed E-state index contributed by atoms with van der Waals surface area (Å²) < 4.78 is 4.75. The van der Waals surface area contributed by atoms with Gasteiger partial charge in [0.1, 0.15) is 0 Å². The van der Waals surface area contributed by atoms with Crippen LogP contribution in [-0.4, -0.2) is 30.6 Å². The van der Waals surface area contributed by atoms with Gasteiger partial charge in [-0.25, -0.2) is 4.79 Å². The van der Waals surface area contributed by atoms with Gasteiger partial charge in [-0.3, -0.25) is 4.79 Å². The molecule has 1 saturated carbocycles. The predicted molar refractivity (Wildman–Crippen MR) is 73.4 cm³/mol. The van der Waals surface area contributed by atoms with Crippen molar-refractivity contribution in [3.05, 3.63) is 0 Å². The molecule has 5 heteroatoms. The van der Waals surface area contributed by atoms with Crippen molar-refractivity contribution in [3.8, 4) is 0 Å². The fourth-order valence-corrected chi connectivity index (χ4v) is 2.58. The van der Waals surface area contributed by atoms with E-state index in [2.05, 4.69) is 5.32 Å². The Morgan fingerprint density at radius 1 is 1.26 bits per heavy atom. The summed E-state index contributed by atoms with van der Waals surface area (Å²) in [5, 5.41) is 2.85. The molecule has 0 radical (unpaired) electrons. The van der Waals surface area contributed by atoms with Crippen molar-refractivity contribution in [2.24, 2.45) is 11.7 Å². The minimum atomic E-state index is -1.21. The smallest absolute Gasteiger partial charge is 0.332 e. The van der Waals surface area contributed by atoms with Crippen LogP contribution in [0.5, 0.6) is 0 Å². The number of amides is 1. The molecule has 19 heavy (non-hydrogen) atoms. The van der Waals surface area contributed by atoms with E-state index in [0.717, 1.165) is 12.8 Å². The predicted octanol–water partition coefficient (Wildman–Crippen LogP) is 1.35. The van der Waals surface area contributed by atoms with Crippen molar-refractivity contribution in [1.29, 1.82) is 0 Å². The van der Waals surface area contributed by atoms with E-state index in [0.29, 0.717) is 5.92 Å². The molecule has 110 valence electrons. The molecule has 0 bridgehead atoms. The van der Waals surface area contributed by atoms with E-state index in [1.54, 1.807) is 6.92 Å². The molecule has 0 aromatic rings. The first-order valence-corrected chi connectivity index (χ1v) is 7.28. The van der Waals surface area contributed by atoms with Crippen LogP contribution in [0.25, 0.3) is 0 Å². The molecule has 5 nitrogen and oxygen atoms in total. The Bertz CT molecular complexity index is 299. The second kappa shape index (κ2) is 8.15. The lowest BCUT2D eigenvalue weighted by Crippen LogP contribution is -2.50. The Balaban J connectivity index is 2.43. The number of hydrogen-bond acceptors (Lipinski definition) is 4. The number of rotatable bonds is 5. The number of carbonyl (C=O) groups is 2. The van der Waals surface area contributed by atoms with Gasteiger partial charge in [0, 0.05) is 6.04 Å². The van der Waals surface area contributed by atoms with E-state index < -0.39 is 17.9 Å². The van der Waals surface area contributed by atoms with E-state index in [1.165, 1.54) is 25.7 Å². The van der Waals surface area contributed by atoms with Crippen LogP contribution in [0.4, 0.5) is 0 Å². The van der Waals surface area contributed by atoms with Gasteiger partial charge in [0.2, 0.25) is 5.91 Å². The minimum absolute atomic E-state index is 0.0612. The highest BCUT2D eigenvalue weighted by Gasteiger charge is 2.27. The van der Waals surface area contributed by atoms with Crippen molar-refractivity contribution in [2.45, 2.75) is 64.5 Å². The van der Waals surface area contributed by atoms with Crippen molar-refractivity contribution in [2.75, 3.05) is 6.61 Å². The highest BCUT2D eigenvalue weighted by Crippen LogP contribution is 2.25. The third-order valence-corrected chi connectivity index (χ3v) is 3.80. The molecule has 0 aromatic heterocycles. The standard InChI is InChI=1S/C14H26N2O3/c1-3-19-14(18)12(15)13(17)16-10(2)11-8-6-4-5-7-9-11/h10-12H,3-9,15H2,1-2H3,(H,16,17)/t10-,12?/m0/s1. The summed E-state index contributed by atoms with van der Waals surface area (Å²) in [6.07, 6.45) is 7.26. The maximum atomic E-state index is 11.9. The number of carbonyl (C=O) groups excluding carboxylic acids is 2. The number of hydrogen-bond donors (Lipinski definition) is 2. The SMILES string of the molecule is CCOC(=O)C(N)C(=O)N[C@@H](C)C1CCCCCC1. The molecular formula is C14H26N2O3. The van der Waals surface area contributed by atoms with Crippen molar-refractivity contribution in [3.63, 3.8) is 0 Å². The lowest BCUT2D eigenvalue weighted by Gasteiger charge is -2.24. The summed E-state index contributed by atoms with van der Waals surface area (Å²) in [6.45, 7) is 3.92. The summed E-state index contributed by atoms with van der Waals surface area (Å²) in [5.74, 6) is -0.607. The zero-order valence-corrected chi connectivity index (χ0v) is 12.0. The van der Waals surface area contributed by atoms with Gasteiger partial charge in [0.05, 0.1) is 6.61 Å². The number of nitrogens with one attached hydrogen (secondary N) is 1. The summed E-state index contributed by atoms with van der Waals surface area (Å²) >= 11 is 0. The van der Waals surface area contributed by atoms with Crippen LogP contribution >= 0.6 is 0 Å². The molecule has 0 saturated heterocycles. The average Bonchev–Trinajstić information content (AvgIpc) is 2.66. The third kappa shape index (κ3) is 5.19. The van der Waals surface area contributed by atoms with E-state index in [1.807, 2.05) is 6.92 Å². The summed E-state index contributed by atoms with van der Waals surface area (Å²) in [5.41, 5.74) is 5.57. The van der Waals surface area contributed by atoms with Gasteiger partial charge in [0.25, 0.3) is 0 Å². The number of ether oxygens (including phenoxy) is 1. The Labute approximate surface area is 115 Å². The second-order valence-corrected chi connectivity index (χ2v) is 5.28. The minimum Gasteiger partial charge on any atom is -0.464 e. The first kappa shape index (κ1) is 16.0. The van der Waals surface area contributed by atoms with Crippen molar-refractivity contribution >= 4 is 11.9 Å². The highest BCUT2D eigenvalue weighted by atomic mass is 16.5. The van der Waals surface area contributed by atoms with Gasteiger partial charge in [-0.1, -0.05) is 25.7 Å². The van der Waals surface area contributed by atoms with E-state index in [-0.39, 0.29) is 12.6 Å². The lowest BCUT2D eigenvalue weighted by atomic mass is 9.93. The molecule has 1 unspecified atom stereocenters.